The van der Waals surface area contributed by atoms with Gasteiger partial charge < -0.3 is 9.47 Å². The number of rotatable bonds is 4. The monoisotopic (exact) mass is 371 g/mol. The molecule has 0 bridgehead atoms. The number of nitrogens with zero attached hydrogens (tertiary/aromatic N) is 2. The van der Waals surface area contributed by atoms with E-state index in [9.17, 15) is 0 Å². The maximum Gasteiger partial charge on any atom is 0.128 e. The van der Waals surface area contributed by atoms with Crippen LogP contribution >= 0.6 is 15.9 Å². The van der Waals surface area contributed by atoms with Crippen LogP contribution in [0.2, 0.25) is 0 Å². The van der Waals surface area contributed by atoms with Crippen LogP contribution in [0.3, 0.4) is 0 Å². The SMILES string of the molecule is COc1c[c]ccc1-c1ccc(OC)c(-c2c(Br)cnn2C)c1. The van der Waals surface area contributed by atoms with Gasteiger partial charge in [-0.1, -0.05) is 18.2 Å². The number of benzene rings is 2. The van der Waals surface area contributed by atoms with Crippen LogP contribution in [0.25, 0.3) is 22.4 Å². The number of methoxy groups -OCH3 is 2. The van der Waals surface area contributed by atoms with E-state index in [1.54, 1.807) is 20.4 Å². The minimum absolute atomic E-state index is 0.785. The first-order valence-electron chi connectivity index (χ1n) is 7.06. The van der Waals surface area contributed by atoms with Crippen molar-refractivity contribution < 1.29 is 9.47 Å². The van der Waals surface area contributed by atoms with Crippen molar-refractivity contribution in [2.45, 2.75) is 0 Å². The second-order valence-electron chi connectivity index (χ2n) is 5.01. The highest BCUT2D eigenvalue weighted by molar-refractivity contribution is 9.10. The van der Waals surface area contributed by atoms with Crippen molar-refractivity contribution in [3.63, 3.8) is 0 Å². The zero-order valence-corrected chi connectivity index (χ0v) is 14.7. The Morgan fingerprint density at radius 3 is 2.52 bits per heavy atom. The fourth-order valence-corrected chi connectivity index (χ4v) is 3.16. The molecule has 1 radical (unpaired) electrons. The van der Waals surface area contributed by atoms with E-state index < -0.39 is 0 Å². The molecule has 0 atom stereocenters. The van der Waals surface area contributed by atoms with Gasteiger partial charge in [0.05, 0.1) is 30.6 Å². The molecular weight excluding hydrogens is 356 g/mol. The van der Waals surface area contributed by atoms with Crippen molar-refractivity contribution >= 4 is 15.9 Å². The Morgan fingerprint density at radius 1 is 1.09 bits per heavy atom. The van der Waals surface area contributed by atoms with Crippen LogP contribution in [-0.4, -0.2) is 24.0 Å². The molecule has 0 aliphatic heterocycles. The number of aryl methyl sites for hydroxylation is 1. The van der Waals surface area contributed by atoms with Gasteiger partial charge >= 0.3 is 0 Å². The van der Waals surface area contributed by atoms with E-state index in [2.05, 4.69) is 33.2 Å². The lowest BCUT2D eigenvalue weighted by Gasteiger charge is -2.13. The fraction of sp³-hybridized carbons (Fsp3) is 0.167. The normalized spacial score (nSPS) is 10.6. The van der Waals surface area contributed by atoms with Gasteiger partial charge in [-0.15, -0.1) is 0 Å². The average molecular weight is 372 g/mol. The molecule has 0 amide bonds. The highest BCUT2D eigenvalue weighted by atomic mass is 79.9. The molecule has 0 saturated carbocycles. The fourth-order valence-electron chi connectivity index (χ4n) is 2.60. The summed E-state index contributed by atoms with van der Waals surface area (Å²) < 4.78 is 13.7. The van der Waals surface area contributed by atoms with Crippen molar-refractivity contribution in [3.8, 4) is 33.9 Å². The van der Waals surface area contributed by atoms with Crippen molar-refractivity contribution in [2.75, 3.05) is 14.2 Å². The molecule has 0 aliphatic carbocycles. The van der Waals surface area contributed by atoms with Crippen LogP contribution in [0.5, 0.6) is 11.5 Å². The van der Waals surface area contributed by atoms with Crippen LogP contribution in [0.1, 0.15) is 0 Å². The maximum atomic E-state index is 5.53. The Kier molecular flexibility index (Phi) is 4.39. The van der Waals surface area contributed by atoms with Gasteiger partial charge in [-0.05, 0) is 45.8 Å². The van der Waals surface area contributed by atoms with Crippen molar-refractivity contribution in [1.82, 2.24) is 9.78 Å². The first-order chi connectivity index (χ1) is 11.2. The molecular formula is C18H16BrN2O2. The molecule has 4 nitrogen and oxygen atoms in total. The van der Waals surface area contributed by atoms with Gasteiger partial charge in [0.1, 0.15) is 11.5 Å². The average Bonchev–Trinajstić information content (AvgIpc) is 2.92. The first-order valence-corrected chi connectivity index (χ1v) is 7.85. The Hall–Kier alpha value is -2.27. The zero-order valence-electron chi connectivity index (χ0n) is 13.1. The summed E-state index contributed by atoms with van der Waals surface area (Å²) in [4.78, 5) is 0. The molecule has 1 heterocycles. The third-order valence-corrected chi connectivity index (χ3v) is 4.29. The second kappa shape index (κ2) is 6.46. The third-order valence-electron chi connectivity index (χ3n) is 3.71. The lowest BCUT2D eigenvalue weighted by atomic mass is 10.00. The van der Waals surface area contributed by atoms with Crippen molar-refractivity contribution in [2.24, 2.45) is 7.05 Å². The smallest absolute Gasteiger partial charge is 0.128 e. The van der Waals surface area contributed by atoms with Crippen LogP contribution in [0.15, 0.2) is 47.1 Å². The molecule has 1 aromatic heterocycles. The first kappa shape index (κ1) is 15.6. The van der Waals surface area contributed by atoms with E-state index in [1.807, 2.05) is 42.1 Å². The molecule has 3 rings (SSSR count). The van der Waals surface area contributed by atoms with Gasteiger partial charge in [-0.3, -0.25) is 4.68 Å². The molecule has 23 heavy (non-hydrogen) atoms. The topological polar surface area (TPSA) is 36.3 Å². The Labute approximate surface area is 143 Å². The molecule has 3 aromatic rings. The van der Waals surface area contributed by atoms with Crippen molar-refractivity contribution in [1.29, 1.82) is 0 Å². The number of aromatic nitrogens is 2. The highest BCUT2D eigenvalue weighted by Gasteiger charge is 2.16. The van der Waals surface area contributed by atoms with Gasteiger partial charge in [0.15, 0.2) is 0 Å². The number of hydrogen-bond acceptors (Lipinski definition) is 3. The maximum absolute atomic E-state index is 5.53. The molecule has 0 unspecified atom stereocenters. The largest absolute Gasteiger partial charge is 0.496 e. The predicted molar refractivity (Wildman–Crippen MR) is 93.7 cm³/mol. The molecule has 5 heteroatoms. The summed E-state index contributed by atoms with van der Waals surface area (Å²) in [5.41, 5.74) is 3.98. The number of halogens is 1. The van der Waals surface area contributed by atoms with Crippen molar-refractivity contribution in [3.05, 3.63) is 53.1 Å². The van der Waals surface area contributed by atoms with Gasteiger partial charge in [0.25, 0.3) is 0 Å². The Bertz CT molecular complexity index is 823. The molecule has 117 valence electrons. The van der Waals surface area contributed by atoms with E-state index >= 15 is 0 Å². The summed E-state index contributed by atoms with van der Waals surface area (Å²) in [7, 11) is 5.24. The lowest BCUT2D eigenvalue weighted by molar-refractivity contribution is 0.415. The standard InChI is InChI=1S/C18H16BrN2O2/c1-21-18(15(19)11-20-21)14-10-12(8-9-17(14)23-3)13-6-4-5-7-16(13)22-2/h4,6-11H,1-3H3. The Balaban J connectivity index is 2.21. The van der Waals surface area contributed by atoms with Gasteiger partial charge in [-0.2, -0.15) is 5.10 Å². The van der Waals surface area contributed by atoms with Gasteiger partial charge in [0, 0.05) is 18.2 Å². The molecule has 0 spiro atoms. The van der Waals surface area contributed by atoms with E-state index in [4.69, 9.17) is 9.47 Å². The quantitative estimate of drug-likeness (QED) is 0.684. The van der Waals surface area contributed by atoms with E-state index in [1.165, 1.54) is 0 Å². The van der Waals surface area contributed by atoms with E-state index in [0.29, 0.717) is 0 Å². The molecule has 0 saturated heterocycles. The van der Waals surface area contributed by atoms with Gasteiger partial charge in [-0.25, -0.2) is 0 Å². The minimum atomic E-state index is 0.785. The van der Waals surface area contributed by atoms with Gasteiger partial charge in [0.2, 0.25) is 0 Å². The van der Waals surface area contributed by atoms with E-state index in [-0.39, 0.29) is 0 Å². The highest BCUT2D eigenvalue weighted by Crippen LogP contribution is 2.39. The van der Waals surface area contributed by atoms with Crippen LogP contribution in [0, 0.1) is 6.07 Å². The summed E-state index contributed by atoms with van der Waals surface area (Å²) in [5, 5.41) is 4.29. The summed E-state index contributed by atoms with van der Waals surface area (Å²) >= 11 is 3.56. The van der Waals surface area contributed by atoms with E-state index in [0.717, 1.165) is 38.4 Å². The van der Waals surface area contributed by atoms with Crippen LogP contribution in [-0.2, 0) is 7.05 Å². The van der Waals surface area contributed by atoms with Crippen LogP contribution < -0.4 is 9.47 Å². The summed E-state index contributed by atoms with van der Waals surface area (Å²) in [6, 6.07) is 14.8. The summed E-state index contributed by atoms with van der Waals surface area (Å²) in [6.45, 7) is 0. The third kappa shape index (κ3) is 2.84. The number of ether oxygens (including phenoxy) is 2. The minimum Gasteiger partial charge on any atom is -0.496 e. The molecule has 0 fully saturated rings. The Morgan fingerprint density at radius 2 is 1.87 bits per heavy atom. The predicted octanol–water partition coefficient (Wildman–Crippen LogP) is 4.33. The zero-order chi connectivity index (χ0) is 16.4. The summed E-state index contributed by atoms with van der Waals surface area (Å²) in [6.07, 6.45) is 1.78. The lowest BCUT2D eigenvalue weighted by Crippen LogP contribution is -1.97. The number of hydrogen-bond donors (Lipinski definition) is 0. The molecule has 2 aromatic carbocycles. The second-order valence-corrected chi connectivity index (χ2v) is 5.86. The van der Waals surface area contributed by atoms with Crippen LogP contribution in [0.4, 0.5) is 0 Å². The molecule has 0 N–H and O–H groups in total. The summed E-state index contributed by atoms with van der Waals surface area (Å²) in [5.74, 6) is 1.58. The molecule has 0 aliphatic rings.